The van der Waals surface area contributed by atoms with Crippen LogP contribution in [0, 0.1) is 0 Å². The van der Waals surface area contributed by atoms with Crippen LogP contribution in [-0.2, 0) is 0 Å². The minimum atomic E-state index is 0.558. The molecule has 4 aromatic rings. The van der Waals surface area contributed by atoms with Gasteiger partial charge in [0, 0.05) is 0 Å². The number of nitrogens with two attached hydrogens (primary N) is 1. The Morgan fingerprint density at radius 2 is 1.61 bits per heavy atom. The van der Waals surface area contributed by atoms with Gasteiger partial charge in [0.1, 0.15) is 6.33 Å². The largest absolute Gasteiger partial charge is 0.308 e. The molecule has 0 aliphatic heterocycles. The molecule has 4 rings (SSSR count). The predicted molar refractivity (Wildman–Crippen MR) is 89.9 cm³/mol. The number of fused-ring (bicyclic) bond motifs is 1. The summed E-state index contributed by atoms with van der Waals surface area (Å²) in [6.45, 7) is 0. The van der Waals surface area contributed by atoms with E-state index >= 15 is 0 Å². The summed E-state index contributed by atoms with van der Waals surface area (Å²) in [4.78, 5) is 8.39. The van der Waals surface area contributed by atoms with Gasteiger partial charge in [-0.1, -0.05) is 42.5 Å². The molecule has 0 spiro atoms. The van der Waals surface area contributed by atoms with Crippen molar-refractivity contribution in [3.05, 3.63) is 67.1 Å². The molecule has 2 aromatic carbocycles. The van der Waals surface area contributed by atoms with E-state index < -0.39 is 0 Å². The van der Waals surface area contributed by atoms with Crippen molar-refractivity contribution < 1.29 is 0 Å². The van der Waals surface area contributed by atoms with Crippen LogP contribution in [-0.4, -0.2) is 19.7 Å². The van der Waals surface area contributed by atoms with E-state index in [1.165, 1.54) is 11.9 Å². The Balaban J connectivity index is 1.77. The molecule has 0 atom stereocenters. The van der Waals surface area contributed by atoms with Gasteiger partial charge in [-0.15, -0.1) is 0 Å². The fraction of sp³-hybridized carbons (Fsp3) is 0. The first-order chi connectivity index (χ1) is 11.4. The molecule has 0 fully saturated rings. The van der Waals surface area contributed by atoms with Crippen molar-refractivity contribution in [3.63, 3.8) is 0 Å². The van der Waals surface area contributed by atoms with E-state index in [0.29, 0.717) is 11.5 Å². The van der Waals surface area contributed by atoms with Crippen molar-refractivity contribution in [1.29, 1.82) is 0 Å². The number of hydrogen-bond donors (Lipinski definition) is 2. The van der Waals surface area contributed by atoms with E-state index in [2.05, 4.69) is 44.8 Å². The van der Waals surface area contributed by atoms with Crippen LogP contribution in [0.3, 0.4) is 0 Å². The molecule has 6 nitrogen and oxygen atoms in total. The first kappa shape index (κ1) is 13.4. The predicted octanol–water partition coefficient (Wildman–Crippen LogP) is 2.77. The molecule has 0 saturated carbocycles. The van der Waals surface area contributed by atoms with E-state index in [4.69, 9.17) is 5.84 Å². The van der Waals surface area contributed by atoms with Gasteiger partial charge in [-0.05, 0) is 23.3 Å². The molecule has 6 heteroatoms. The van der Waals surface area contributed by atoms with Crippen molar-refractivity contribution in [2.75, 3.05) is 5.43 Å². The van der Waals surface area contributed by atoms with Crippen LogP contribution in [0.15, 0.2) is 67.1 Å². The molecule has 0 radical (unpaired) electrons. The van der Waals surface area contributed by atoms with Crippen molar-refractivity contribution in [2.24, 2.45) is 5.84 Å². The quantitative estimate of drug-likeness (QED) is 0.449. The van der Waals surface area contributed by atoms with Gasteiger partial charge in [0.25, 0.3) is 0 Å². The molecule has 2 aromatic heterocycles. The standard InChI is InChI=1S/C17H14N6/c18-22-16-15-10-21-23(17(15)20-11-19-16)14-8-6-13(7-9-14)12-4-2-1-3-5-12/h1-11H,18H2,(H,19,20,22). The first-order valence-corrected chi connectivity index (χ1v) is 7.18. The van der Waals surface area contributed by atoms with Crippen LogP contribution in [0.25, 0.3) is 27.8 Å². The molecule has 0 aliphatic rings. The molecule has 0 unspecified atom stereocenters. The summed E-state index contributed by atoms with van der Waals surface area (Å²) in [6.07, 6.45) is 3.17. The van der Waals surface area contributed by atoms with Crippen molar-refractivity contribution >= 4 is 16.9 Å². The van der Waals surface area contributed by atoms with Crippen molar-refractivity contribution in [2.45, 2.75) is 0 Å². The van der Waals surface area contributed by atoms with Crippen molar-refractivity contribution in [3.8, 4) is 16.8 Å². The maximum absolute atomic E-state index is 5.47. The number of hydrogen-bond acceptors (Lipinski definition) is 5. The Morgan fingerprint density at radius 1 is 0.870 bits per heavy atom. The average Bonchev–Trinajstić information content (AvgIpc) is 3.07. The molecule has 0 aliphatic carbocycles. The van der Waals surface area contributed by atoms with Gasteiger partial charge in [0.15, 0.2) is 11.5 Å². The van der Waals surface area contributed by atoms with Crippen LogP contribution in [0.1, 0.15) is 0 Å². The maximum Gasteiger partial charge on any atom is 0.168 e. The van der Waals surface area contributed by atoms with E-state index in [1.54, 1.807) is 10.9 Å². The Morgan fingerprint density at radius 3 is 2.35 bits per heavy atom. The number of anilines is 1. The minimum Gasteiger partial charge on any atom is -0.308 e. The number of nitrogens with zero attached hydrogens (tertiary/aromatic N) is 4. The monoisotopic (exact) mass is 302 g/mol. The third-order valence-electron chi connectivity index (χ3n) is 3.72. The van der Waals surface area contributed by atoms with E-state index in [1.807, 2.05) is 30.3 Å². The lowest BCUT2D eigenvalue weighted by Crippen LogP contribution is -2.09. The van der Waals surface area contributed by atoms with Crippen LogP contribution in [0.5, 0.6) is 0 Å². The summed E-state index contributed by atoms with van der Waals surface area (Å²) in [7, 11) is 0. The summed E-state index contributed by atoms with van der Waals surface area (Å²) in [5.41, 5.74) is 6.54. The Labute approximate surface area is 132 Å². The first-order valence-electron chi connectivity index (χ1n) is 7.18. The van der Waals surface area contributed by atoms with Gasteiger partial charge in [-0.3, -0.25) is 0 Å². The van der Waals surface area contributed by atoms with Gasteiger partial charge >= 0.3 is 0 Å². The van der Waals surface area contributed by atoms with Crippen LogP contribution >= 0.6 is 0 Å². The van der Waals surface area contributed by atoms with E-state index in [-0.39, 0.29) is 0 Å². The van der Waals surface area contributed by atoms with Gasteiger partial charge < -0.3 is 5.43 Å². The van der Waals surface area contributed by atoms with Gasteiger partial charge in [0.2, 0.25) is 0 Å². The average molecular weight is 302 g/mol. The van der Waals surface area contributed by atoms with Crippen LogP contribution in [0.4, 0.5) is 5.82 Å². The van der Waals surface area contributed by atoms with Crippen LogP contribution in [0.2, 0.25) is 0 Å². The lowest BCUT2D eigenvalue weighted by Gasteiger charge is -2.06. The molecule has 3 N–H and O–H groups in total. The van der Waals surface area contributed by atoms with E-state index in [0.717, 1.165) is 16.6 Å². The molecule has 0 saturated heterocycles. The van der Waals surface area contributed by atoms with Gasteiger partial charge in [0.05, 0.1) is 17.3 Å². The third kappa shape index (κ3) is 2.31. The highest BCUT2D eigenvalue weighted by atomic mass is 15.3. The maximum atomic E-state index is 5.47. The number of aromatic nitrogens is 4. The third-order valence-corrected chi connectivity index (χ3v) is 3.72. The fourth-order valence-electron chi connectivity index (χ4n) is 2.57. The van der Waals surface area contributed by atoms with Crippen molar-refractivity contribution in [1.82, 2.24) is 19.7 Å². The van der Waals surface area contributed by atoms with Crippen LogP contribution < -0.4 is 11.3 Å². The number of hydrazine groups is 1. The fourth-order valence-corrected chi connectivity index (χ4v) is 2.57. The van der Waals surface area contributed by atoms with E-state index in [9.17, 15) is 0 Å². The highest BCUT2D eigenvalue weighted by Gasteiger charge is 2.10. The SMILES string of the molecule is NNc1ncnc2c1cnn2-c1ccc(-c2ccccc2)cc1. The lowest BCUT2D eigenvalue weighted by molar-refractivity contribution is 0.895. The molecular formula is C17H14N6. The minimum absolute atomic E-state index is 0.558. The summed E-state index contributed by atoms with van der Waals surface area (Å²) >= 11 is 0. The second-order valence-corrected chi connectivity index (χ2v) is 5.07. The Bertz CT molecular complexity index is 944. The normalized spacial score (nSPS) is 10.8. The Hall–Kier alpha value is -3.25. The second-order valence-electron chi connectivity index (χ2n) is 5.07. The number of rotatable bonds is 3. The molecule has 2 heterocycles. The zero-order chi connectivity index (χ0) is 15.6. The smallest absolute Gasteiger partial charge is 0.168 e. The number of benzene rings is 2. The molecule has 0 bridgehead atoms. The highest BCUT2D eigenvalue weighted by Crippen LogP contribution is 2.23. The Kier molecular flexibility index (Phi) is 3.21. The topological polar surface area (TPSA) is 81.7 Å². The summed E-state index contributed by atoms with van der Waals surface area (Å²) in [5.74, 6) is 6.03. The van der Waals surface area contributed by atoms with Gasteiger partial charge in [-0.2, -0.15) is 5.10 Å². The molecular weight excluding hydrogens is 288 g/mol. The number of nitrogens with one attached hydrogen (secondary N) is 1. The lowest BCUT2D eigenvalue weighted by atomic mass is 10.1. The molecule has 112 valence electrons. The summed E-state index contributed by atoms with van der Waals surface area (Å²) < 4.78 is 1.77. The second kappa shape index (κ2) is 5.51. The molecule has 23 heavy (non-hydrogen) atoms. The molecule has 0 amide bonds. The number of nitrogen functional groups attached to an aromatic ring is 1. The summed E-state index contributed by atoms with van der Waals surface area (Å²) in [5, 5.41) is 5.17. The van der Waals surface area contributed by atoms with Gasteiger partial charge in [-0.25, -0.2) is 20.5 Å². The zero-order valence-electron chi connectivity index (χ0n) is 12.2. The summed E-state index contributed by atoms with van der Waals surface area (Å²) in [6, 6.07) is 18.4. The highest BCUT2D eigenvalue weighted by molar-refractivity contribution is 5.86. The zero-order valence-corrected chi connectivity index (χ0v) is 12.2.